The normalized spacial score (nSPS) is 17.0. The van der Waals surface area contributed by atoms with Crippen molar-refractivity contribution in [3.8, 4) is 0 Å². The largest absolute Gasteiger partial charge is 0.372 e. The molecule has 1 aliphatic rings. The Labute approximate surface area is 141 Å². The third-order valence-electron chi connectivity index (χ3n) is 4.65. The zero-order chi connectivity index (χ0) is 16.5. The number of carbonyl (C=O) groups is 1. The summed E-state index contributed by atoms with van der Waals surface area (Å²) in [5.74, 6) is 0.247. The second-order valence-corrected chi connectivity index (χ2v) is 6.61. The van der Waals surface area contributed by atoms with Gasteiger partial charge in [-0.3, -0.25) is 4.79 Å². The number of anilines is 2. The Hall–Kier alpha value is -1.51. The van der Waals surface area contributed by atoms with Gasteiger partial charge >= 0.3 is 0 Å². The first-order valence-corrected chi connectivity index (χ1v) is 9.44. The molecule has 0 fully saturated rings. The van der Waals surface area contributed by atoms with Gasteiger partial charge in [0.05, 0.1) is 11.4 Å². The van der Waals surface area contributed by atoms with Gasteiger partial charge in [0, 0.05) is 6.54 Å². The minimum atomic E-state index is -0.0561. The highest BCUT2D eigenvalue weighted by atomic mass is 16.2. The van der Waals surface area contributed by atoms with Crippen LogP contribution in [0.3, 0.4) is 0 Å². The first-order chi connectivity index (χ1) is 11.3. The molecule has 1 unspecified atom stereocenters. The van der Waals surface area contributed by atoms with Gasteiger partial charge in [0.25, 0.3) is 0 Å². The lowest BCUT2D eigenvalue weighted by molar-refractivity contribution is -0.119. The van der Waals surface area contributed by atoms with Crippen LogP contribution in [0.4, 0.5) is 11.4 Å². The Balaban J connectivity index is 1.89. The van der Waals surface area contributed by atoms with Crippen molar-refractivity contribution < 1.29 is 4.79 Å². The van der Waals surface area contributed by atoms with E-state index in [1.54, 1.807) is 0 Å². The van der Waals surface area contributed by atoms with Crippen LogP contribution in [0.25, 0.3) is 0 Å². The minimum Gasteiger partial charge on any atom is -0.372 e. The molecule has 1 heterocycles. The Morgan fingerprint density at radius 3 is 2.39 bits per heavy atom. The minimum absolute atomic E-state index is 0.0561. The van der Waals surface area contributed by atoms with Crippen LogP contribution in [-0.4, -0.2) is 18.5 Å². The third-order valence-corrected chi connectivity index (χ3v) is 4.65. The lowest BCUT2D eigenvalue weighted by atomic mass is 10.0. The van der Waals surface area contributed by atoms with Crippen LogP contribution in [-0.2, 0) is 4.79 Å². The fourth-order valence-corrected chi connectivity index (χ4v) is 3.33. The topological polar surface area (TPSA) is 32.3 Å². The number of amides is 1. The molecule has 128 valence electrons. The maximum atomic E-state index is 12.7. The van der Waals surface area contributed by atoms with Crippen molar-refractivity contribution in [3.05, 3.63) is 24.3 Å². The summed E-state index contributed by atoms with van der Waals surface area (Å²) in [5.41, 5.74) is 2.16. The van der Waals surface area contributed by atoms with E-state index in [9.17, 15) is 4.79 Å². The third kappa shape index (κ3) is 4.98. The number of unbranched alkanes of at least 4 members (excludes halogenated alkanes) is 6. The molecule has 0 saturated carbocycles. The predicted molar refractivity (Wildman–Crippen MR) is 99.1 cm³/mol. The summed E-state index contributed by atoms with van der Waals surface area (Å²) in [6.07, 6.45) is 10.9. The van der Waals surface area contributed by atoms with Crippen LogP contribution in [0.15, 0.2) is 24.3 Å². The van der Waals surface area contributed by atoms with E-state index in [-0.39, 0.29) is 11.9 Å². The maximum absolute atomic E-state index is 12.7. The number of fused-ring (bicyclic) bond motifs is 1. The second kappa shape index (κ2) is 9.59. The highest BCUT2D eigenvalue weighted by molar-refractivity contribution is 6.04. The predicted octanol–water partition coefficient (Wildman–Crippen LogP) is 5.36. The van der Waals surface area contributed by atoms with Gasteiger partial charge in [0.15, 0.2) is 0 Å². The average Bonchev–Trinajstić information content (AvgIpc) is 2.57. The number of carbonyl (C=O) groups excluding carboxylic acids is 1. The van der Waals surface area contributed by atoms with Crippen LogP contribution in [0.1, 0.15) is 71.6 Å². The summed E-state index contributed by atoms with van der Waals surface area (Å²) in [5, 5.41) is 3.41. The van der Waals surface area contributed by atoms with Gasteiger partial charge in [-0.1, -0.05) is 70.9 Å². The number of hydrogen-bond acceptors (Lipinski definition) is 2. The fraction of sp³-hybridized carbons (Fsp3) is 0.650. The van der Waals surface area contributed by atoms with Gasteiger partial charge in [-0.25, -0.2) is 0 Å². The molecule has 1 amide bonds. The van der Waals surface area contributed by atoms with Crippen LogP contribution < -0.4 is 10.2 Å². The highest BCUT2D eigenvalue weighted by Crippen LogP contribution is 2.32. The Bertz CT molecular complexity index is 486. The van der Waals surface area contributed by atoms with Crippen LogP contribution in [0.2, 0.25) is 0 Å². The first-order valence-electron chi connectivity index (χ1n) is 9.44. The van der Waals surface area contributed by atoms with Crippen molar-refractivity contribution in [1.29, 1.82) is 0 Å². The zero-order valence-electron chi connectivity index (χ0n) is 14.8. The van der Waals surface area contributed by atoms with Crippen molar-refractivity contribution in [3.63, 3.8) is 0 Å². The summed E-state index contributed by atoms with van der Waals surface area (Å²) >= 11 is 0. The molecule has 1 atom stereocenters. The molecular formula is C20H32N2O. The number of rotatable bonds is 10. The van der Waals surface area contributed by atoms with Gasteiger partial charge in [-0.2, -0.15) is 0 Å². The molecule has 0 aromatic heterocycles. The number of nitrogens with one attached hydrogen (secondary N) is 1. The molecule has 2 rings (SSSR count). The number of hydrogen-bond donors (Lipinski definition) is 1. The van der Waals surface area contributed by atoms with Gasteiger partial charge in [-0.05, 0) is 25.0 Å². The van der Waals surface area contributed by atoms with Crippen LogP contribution in [0, 0.1) is 0 Å². The monoisotopic (exact) mass is 316 g/mol. The van der Waals surface area contributed by atoms with Crippen LogP contribution >= 0.6 is 0 Å². The van der Waals surface area contributed by atoms with E-state index in [2.05, 4.69) is 31.3 Å². The molecule has 0 radical (unpaired) electrons. The van der Waals surface area contributed by atoms with Gasteiger partial charge < -0.3 is 10.2 Å². The SMILES string of the molecule is CCCCCCCCCN1C(=O)C(CCC)Nc2ccccc21. The van der Waals surface area contributed by atoms with Crippen molar-refractivity contribution in [2.45, 2.75) is 77.7 Å². The molecule has 1 N–H and O–H groups in total. The lowest BCUT2D eigenvalue weighted by Gasteiger charge is -2.35. The molecule has 0 aliphatic carbocycles. The molecule has 3 nitrogen and oxygen atoms in total. The first kappa shape index (κ1) is 17.8. The molecule has 0 saturated heterocycles. The maximum Gasteiger partial charge on any atom is 0.249 e. The fourth-order valence-electron chi connectivity index (χ4n) is 3.33. The Morgan fingerprint density at radius 1 is 0.957 bits per heavy atom. The van der Waals surface area contributed by atoms with E-state index in [1.807, 2.05) is 17.0 Å². The number of nitrogens with zero attached hydrogens (tertiary/aromatic N) is 1. The van der Waals surface area contributed by atoms with E-state index in [4.69, 9.17) is 0 Å². The summed E-state index contributed by atoms with van der Waals surface area (Å²) in [4.78, 5) is 14.8. The zero-order valence-corrected chi connectivity index (χ0v) is 14.8. The lowest BCUT2D eigenvalue weighted by Crippen LogP contribution is -2.47. The van der Waals surface area contributed by atoms with E-state index in [0.717, 1.165) is 37.2 Å². The van der Waals surface area contributed by atoms with Gasteiger partial charge in [0.1, 0.15) is 6.04 Å². The van der Waals surface area contributed by atoms with E-state index < -0.39 is 0 Å². The molecule has 1 aliphatic heterocycles. The van der Waals surface area contributed by atoms with Crippen molar-refractivity contribution in [1.82, 2.24) is 0 Å². The summed E-state index contributed by atoms with van der Waals surface area (Å²) in [7, 11) is 0. The number of para-hydroxylation sites is 2. The van der Waals surface area contributed by atoms with Crippen LogP contribution in [0.5, 0.6) is 0 Å². The quantitative estimate of drug-likeness (QED) is 0.589. The molecular weight excluding hydrogens is 284 g/mol. The Kier molecular flexibility index (Phi) is 7.44. The van der Waals surface area contributed by atoms with E-state index >= 15 is 0 Å². The average molecular weight is 316 g/mol. The van der Waals surface area contributed by atoms with Gasteiger partial charge in [-0.15, -0.1) is 0 Å². The van der Waals surface area contributed by atoms with Crippen molar-refractivity contribution >= 4 is 17.3 Å². The van der Waals surface area contributed by atoms with Crippen molar-refractivity contribution in [2.24, 2.45) is 0 Å². The Morgan fingerprint density at radius 2 is 1.65 bits per heavy atom. The molecule has 3 heteroatoms. The molecule has 1 aromatic rings. The smallest absolute Gasteiger partial charge is 0.249 e. The van der Waals surface area contributed by atoms with Gasteiger partial charge in [0.2, 0.25) is 5.91 Å². The highest BCUT2D eigenvalue weighted by Gasteiger charge is 2.30. The summed E-state index contributed by atoms with van der Waals surface area (Å²) in [6, 6.07) is 8.15. The standard InChI is InChI=1S/C20H32N2O/c1-3-5-6-7-8-9-12-16-22-19-15-11-10-14-17(19)21-18(13-4-2)20(22)23/h10-11,14-15,18,21H,3-9,12-13,16H2,1-2H3. The number of benzene rings is 1. The van der Waals surface area contributed by atoms with E-state index in [1.165, 1.54) is 38.5 Å². The second-order valence-electron chi connectivity index (χ2n) is 6.61. The van der Waals surface area contributed by atoms with E-state index in [0.29, 0.717) is 0 Å². The molecule has 1 aromatic carbocycles. The molecule has 23 heavy (non-hydrogen) atoms. The summed E-state index contributed by atoms with van der Waals surface area (Å²) < 4.78 is 0. The molecule has 0 bridgehead atoms. The molecule has 0 spiro atoms. The summed E-state index contributed by atoms with van der Waals surface area (Å²) in [6.45, 7) is 5.24. The van der Waals surface area contributed by atoms with Crippen molar-refractivity contribution in [2.75, 3.05) is 16.8 Å².